The molecule has 23 heavy (non-hydrogen) atoms. The Balaban J connectivity index is 1.51. The number of anilines is 2. The van der Waals surface area contributed by atoms with Gasteiger partial charge in [0.1, 0.15) is 12.1 Å². The Labute approximate surface area is 133 Å². The number of fused-ring (bicyclic) bond motifs is 1. The van der Waals surface area contributed by atoms with Gasteiger partial charge in [-0.2, -0.15) is 5.10 Å². The average Bonchev–Trinajstić information content (AvgIpc) is 3.24. The molecule has 0 spiro atoms. The summed E-state index contributed by atoms with van der Waals surface area (Å²) in [6.45, 7) is 2.22. The molecule has 0 bridgehead atoms. The maximum atomic E-state index is 12.7. The maximum absolute atomic E-state index is 12.7. The Morgan fingerprint density at radius 2 is 2.13 bits per heavy atom. The van der Waals surface area contributed by atoms with Crippen molar-refractivity contribution in [2.75, 3.05) is 36.5 Å². The zero-order valence-electron chi connectivity index (χ0n) is 13.1. The zero-order valence-corrected chi connectivity index (χ0v) is 13.1. The van der Waals surface area contributed by atoms with Crippen LogP contribution in [0.15, 0.2) is 24.8 Å². The van der Waals surface area contributed by atoms with Crippen LogP contribution in [0.4, 0.5) is 11.5 Å². The van der Waals surface area contributed by atoms with Crippen molar-refractivity contribution in [1.82, 2.24) is 19.7 Å². The van der Waals surface area contributed by atoms with Gasteiger partial charge in [0.15, 0.2) is 0 Å². The molecule has 2 aliphatic heterocycles. The summed E-state index contributed by atoms with van der Waals surface area (Å²) in [5.41, 5.74) is 0.877. The van der Waals surface area contributed by atoms with Crippen molar-refractivity contribution in [2.45, 2.75) is 0 Å². The highest BCUT2D eigenvalue weighted by molar-refractivity contribution is 5.98. The zero-order chi connectivity index (χ0) is 16.0. The van der Waals surface area contributed by atoms with E-state index in [4.69, 9.17) is 4.74 Å². The van der Waals surface area contributed by atoms with Crippen LogP contribution < -0.4 is 14.5 Å². The molecule has 2 fully saturated rings. The molecule has 8 nitrogen and oxygen atoms in total. The molecule has 0 N–H and O–H groups in total. The molecule has 4 rings (SSSR count). The second kappa shape index (κ2) is 5.22. The highest BCUT2D eigenvalue weighted by Gasteiger charge is 2.47. The molecule has 2 aromatic heterocycles. The fourth-order valence-corrected chi connectivity index (χ4v) is 3.44. The molecule has 120 valence electrons. The third kappa shape index (κ3) is 2.30. The van der Waals surface area contributed by atoms with Crippen LogP contribution in [0, 0.1) is 11.8 Å². The first-order valence-corrected chi connectivity index (χ1v) is 7.56. The summed E-state index contributed by atoms with van der Waals surface area (Å²) in [5.74, 6) is 1.84. The quantitative estimate of drug-likeness (QED) is 0.812. The molecule has 0 aliphatic carbocycles. The third-order valence-corrected chi connectivity index (χ3v) is 4.60. The van der Waals surface area contributed by atoms with Crippen molar-refractivity contribution in [1.29, 1.82) is 0 Å². The summed E-state index contributed by atoms with van der Waals surface area (Å²) in [6.07, 6.45) is 5.12. The van der Waals surface area contributed by atoms with Gasteiger partial charge in [-0.25, -0.2) is 9.97 Å². The van der Waals surface area contributed by atoms with Gasteiger partial charge in [-0.1, -0.05) is 0 Å². The smallest absolute Gasteiger partial charge is 0.232 e. The van der Waals surface area contributed by atoms with Gasteiger partial charge < -0.3 is 14.5 Å². The van der Waals surface area contributed by atoms with Crippen molar-refractivity contribution < 1.29 is 9.53 Å². The van der Waals surface area contributed by atoms with Gasteiger partial charge in [-0.05, 0) is 0 Å². The minimum Gasteiger partial charge on any atom is -0.481 e. The predicted molar refractivity (Wildman–Crippen MR) is 83.3 cm³/mol. The first-order chi connectivity index (χ1) is 11.2. The van der Waals surface area contributed by atoms with Crippen LogP contribution in [0.25, 0.3) is 0 Å². The number of carbonyl (C=O) groups is 1. The van der Waals surface area contributed by atoms with E-state index in [1.807, 2.05) is 24.2 Å². The van der Waals surface area contributed by atoms with Gasteiger partial charge in [-0.3, -0.25) is 9.48 Å². The lowest BCUT2D eigenvalue weighted by atomic mass is 10.0. The van der Waals surface area contributed by atoms with E-state index in [1.165, 1.54) is 6.33 Å². The van der Waals surface area contributed by atoms with Crippen LogP contribution in [0.1, 0.15) is 0 Å². The Hall–Kier alpha value is -2.64. The SMILES string of the molecule is COc1cc(N2C[C@H]3CN(c4cnn(C)c4)C(=O)[C@H]3C2)ncn1. The molecule has 2 atom stereocenters. The van der Waals surface area contributed by atoms with Crippen LogP contribution in [0.3, 0.4) is 0 Å². The van der Waals surface area contributed by atoms with Gasteiger partial charge in [0.2, 0.25) is 11.8 Å². The van der Waals surface area contributed by atoms with E-state index in [1.54, 1.807) is 18.0 Å². The fourth-order valence-electron chi connectivity index (χ4n) is 3.44. The monoisotopic (exact) mass is 314 g/mol. The van der Waals surface area contributed by atoms with E-state index in [-0.39, 0.29) is 11.8 Å². The molecule has 2 aliphatic rings. The first kappa shape index (κ1) is 14.0. The Morgan fingerprint density at radius 1 is 1.26 bits per heavy atom. The van der Waals surface area contributed by atoms with Gasteiger partial charge in [0.25, 0.3) is 0 Å². The van der Waals surface area contributed by atoms with E-state index in [2.05, 4.69) is 20.0 Å². The number of amides is 1. The molecule has 0 unspecified atom stereocenters. The Morgan fingerprint density at radius 3 is 2.83 bits per heavy atom. The number of aromatic nitrogens is 4. The molecule has 2 aromatic rings. The number of hydrogen-bond acceptors (Lipinski definition) is 6. The first-order valence-electron chi connectivity index (χ1n) is 7.56. The standard InChI is InChI=1S/C15H18N6O2/c1-19-7-11(4-18-19)21-6-10-5-20(8-12(10)15(21)22)13-3-14(23-2)17-9-16-13/h3-4,7,9-10,12H,5-6,8H2,1-2H3/t10-,12-/m0/s1. The molecule has 1 amide bonds. The molecule has 0 radical (unpaired) electrons. The van der Waals surface area contributed by atoms with Crippen molar-refractivity contribution in [3.05, 3.63) is 24.8 Å². The Bertz CT molecular complexity index is 745. The van der Waals surface area contributed by atoms with Gasteiger partial charge in [0.05, 0.1) is 24.9 Å². The molecule has 2 saturated heterocycles. The van der Waals surface area contributed by atoms with Crippen LogP contribution in [-0.4, -0.2) is 52.4 Å². The van der Waals surface area contributed by atoms with Crippen LogP contribution in [0.2, 0.25) is 0 Å². The van der Waals surface area contributed by atoms with Crippen LogP contribution in [-0.2, 0) is 11.8 Å². The lowest BCUT2D eigenvalue weighted by molar-refractivity contribution is -0.120. The largest absolute Gasteiger partial charge is 0.481 e. The van der Waals surface area contributed by atoms with E-state index in [9.17, 15) is 4.79 Å². The lowest BCUT2D eigenvalue weighted by Gasteiger charge is -2.21. The number of ether oxygens (including phenoxy) is 1. The highest BCUT2D eigenvalue weighted by atomic mass is 16.5. The lowest BCUT2D eigenvalue weighted by Crippen LogP contribution is -2.32. The summed E-state index contributed by atoms with van der Waals surface area (Å²) in [7, 11) is 3.44. The number of hydrogen-bond donors (Lipinski definition) is 0. The van der Waals surface area contributed by atoms with Crippen molar-refractivity contribution in [3.8, 4) is 5.88 Å². The normalized spacial score (nSPS) is 23.5. The summed E-state index contributed by atoms with van der Waals surface area (Å²) in [4.78, 5) is 25.0. The number of nitrogens with zero attached hydrogens (tertiary/aromatic N) is 6. The summed E-state index contributed by atoms with van der Waals surface area (Å²) in [6, 6.07) is 1.81. The van der Waals surface area contributed by atoms with E-state index in [0.717, 1.165) is 24.6 Å². The molecule has 8 heteroatoms. The summed E-state index contributed by atoms with van der Waals surface area (Å²) >= 11 is 0. The van der Waals surface area contributed by atoms with Crippen LogP contribution in [0.5, 0.6) is 5.88 Å². The van der Waals surface area contributed by atoms with Crippen molar-refractivity contribution in [2.24, 2.45) is 18.9 Å². The van der Waals surface area contributed by atoms with E-state index >= 15 is 0 Å². The molecular weight excluding hydrogens is 296 g/mol. The van der Waals surface area contributed by atoms with Crippen molar-refractivity contribution >= 4 is 17.4 Å². The predicted octanol–water partition coefficient (Wildman–Crippen LogP) is 0.318. The van der Waals surface area contributed by atoms with E-state index in [0.29, 0.717) is 18.3 Å². The highest BCUT2D eigenvalue weighted by Crippen LogP contribution is 2.36. The fraction of sp³-hybridized carbons (Fsp3) is 0.467. The number of methoxy groups -OCH3 is 1. The van der Waals surface area contributed by atoms with Gasteiger partial charge in [0, 0.05) is 44.9 Å². The topological polar surface area (TPSA) is 76.4 Å². The third-order valence-electron chi connectivity index (χ3n) is 4.60. The van der Waals surface area contributed by atoms with Crippen molar-refractivity contribution in [3.63, 3.8) is 0 Å². The molecule has 0 saturated carbocycles. The Kier molecular flexibility index (Phi) is 3.17. The average molecular weight is 314 g/mol. The number of aryl methyl sites for hydroxylation is 1. The maximum Gasteiger partial charge on any atom is 0.232 e. The second-order valence-corrected chi connectivity index (χ2v) is 6.01. The van der Waals surface area contributed by atoms with Gasteiger partial charge in [-0.15, -0.1) is 0 Å². The number of rotatable bonds is 3. The summed E-state index contributed by atoms with van der Waals surface area (Å²) < 4.78 is 6.86. The molecular formula is C15H18N6O2. The second-order valence-electron chi connectivity index (χ2n) is 6.01. The van der Waals surface area contributed by atoms with E-state index < -0.39 is 0 Å². The minimum atomic E-state index is 0.0103. The molecule has 4 heterocycles. The molecule has 0 aromatic carbocycles. The summed E-state index contributed by atoms with van der Waals surface area (Å²) in [5, 5.41) is 4.15. The van der Waals surface area contributed by atoms with Crippen LogP contribution >= 0.6 is 0 Å². The van der Waals surface area contributed by atoms with Gasteiger partial charge >= 0.3 is 0 Å². The minimum absolute atomic E-state index is 0.0103. The number of carbonyl (C=O) groups excluding carboxylic acids is 1.